The van der Waals surface area contributed by atoms with E-state index < -0.39 is 0 Å². The Morgan fingerprint density at radius 1 is 1.69 bits per heavy atom. The second-order valence-electron chi connectivity index (χ2n) is 3.78. The molecule has 0 saturated carbocycles. The number of anilines is 1. The zero-order valence-electron chi connectivity index (χ0n) is 8.98. The van der Waals surface area contributed by atoms with Crippen LogP contribution in [-0.2, 0) is 4.74 Å². The standard InChI is InChI=1S/C11H15N3OS/c12-11(16)10-9(4-1-5-13-10)14-7-8-3-2-6-15-8/h1,4-5,8,14H,2-3,6-7H2,(H2,12,16). The maximum absolute atomic E-state index is 5.60. The topological polar surface area (TPSA) is 60.2 Å². The fraction of sp³-hybridized carbons (Fsp3) is 0.455. The Balaban J connectivity index is 2.00. The Morgan fingerprint density at radius 2 is 2.56 bits per heavy atom. The van der Waals surface area contributed by atoms with E-state index >= 15 is 0 Å². The van der Waals surface area contributed by atoms with Crippen LogP contribution in [0.4, 0.5) is 5.69 Å². The summed E-state index contributed by atoms with van der Waals surface area (Å²) in [6.45, 7) is 1.64. The molecule has 4 nitrogen and oxygen atoms in total. The number of nitrogens with zero attached hydrogens (tertiary/aromatic N) is 1. The van der Waals surface area contributed by atoms with Gasteiger partial charge in [0.1, 0.15) is 10.7 Å². The van der Waals surface area contributed by atoms with Crippen LogP contribution in [0.5, 0.6) is 0 Å². The lowest BCUT2D eigenvalue weighted by Crippen LogP contribution is -2.21. The SMILES string of the molecule is NC(=S)c1ncccc1NCC1CCCO1. The molecule has 1 aliphatic heterocycles. The molecule has 1 aromatic rings. The van der Waals surface area contributed by atoms with Crippen molar-refractivity contribution in [2.75, 3.05) is 18.5 Å². The zero-order chi connectivity index (χ0) is 11.4. The van der Waals surface area contributed by atoms with Crippen LogP contribution in [0.25, 0.3) is 0 Å². The second kappa shape index (κ2) is 5.23. The van der Waals surface area contributed by atoms with Crippen LogP contribution in [-0.4, -0.2) is 29.2 Å². The molecule has 1 unspecified atom stereocenters. The molecular weight excluding hydrogens is 222 g/mol. The number of hydrogen-bond acceptors (Lipinski definition) is 4. The summed E-state index contributed by atoms with van der Waals surface area (Å²) in [7, 11) is 0. The smallest absolute Gasteiger partial charge is 0.124 e. The number of pyridine rings is 1. The maximum Gasteiger partial charge on any atom is 0.124 e. The number of rotatable bonds is 4. The number of hydrogen-bond donors (Lipinski definition) is 2. The van der Waals surface area contributed by atoms with E-state index in [4.69, 9.17) is 22.7 Å². The molecule has 0 aliphatic carbocycles. The first kappa shape index (κ1) is 11.3. The van der Waals surface area contributed by atoms with Crippen LogP contribution >= 0.6 is 12.2 Å². The normalized spacial score (nSPS) is 19.6. The van der Waals surface area contributed by atoms with Crippen LogP contribution in [0.1, 0.15) is 18.5 Å². The molecule has 1 aromatic heterocycles. The van der Waals surface area contributed by atoms with Crippen LogP contribution in [0, 0.1) is 0 Å². The van der Waals surface area contributed by atoms with Gasteiger partial charge in [-0.1, -0.05) is 12.2 Å². The van der Waals surface area contributed by atoms with Crippen molar-refractivity contribution in [3.63, 3.8) is 0 Å². The minimum absolute atomic E-state index is 0.291. The second-order valence-corrected chi connectivity index (χ2v) is 4.22. The Bertz CT molecular complexity index is 377. The highest BCUT2D eigenvalue weighted by Crippen LogP contribution is 2.15. The summed E-state index contributed by atoms with van der Waals surface area (Å²) in [6.07, 6.45) is 4.22. The van der Waals surface area contributed by atoms with E-state index in [-0.39, 0.29) is 0 Å². The quantitative estimate of drug-likeness (QED) is 0.773. The predicted molar refractivity (Wildman–Crippen MR) is 67.6 cm³/mol. The number of ether oxygens (including phenoxy) is 1. The number of nitrogens with one attached hydrogen (secondary N) is 1. The monoisotopic (exact) mass is 237 g/mol. The highest BCUT2D eigenvalue weighted by atomic mass is 32.1. The third-order valence-corrected chi connectivity index (χ3v) is 2.78. The van der Waals surface area contributed by atoms with Gasteiger partial charge in [-0.15, -0.1) is 0 Å². The summed E-state index contributed by atoms with van der Waals surface area (Å²) in [5.41, 5.74) is 7.12. The molecule has 0 radical (unpaired) electrons. The lowest BCUT2D eigenvalue weighted by atomic mass is 10.2. The van der Waals surface area contributed by atoms with Gasteiger partial charge < -0.3 is 15.8 Å². The van der Waals surface area contributed by atoms with Gasteiger partial charge in [0.15, 0.2) is 0 Å². The molecule has 0 aromatic carbocycles. The summed E-state index contributed by atoms with van der Waals surface area (Å²) in [5, 5.41) is 3.28. The van der Waals surface area contributed by atoms with Crippen molar-refractivity contribution in [1.82, 2.24) is 4.98 Å². The highest BCUT2D eigenvalue weighted by molar-refractivity contribution is 7.80. The van der Waals surface area contributed by atoms with Gasteiger partial charge in [-0.25, -0.2) is 0 Å². The van der Waals surface area contributed by atoms with E-state index in [0.29, 0.717) is 16.8 Å². The van der Waals surface area contributed by atoms with E-state index in [0.717, 1.165) is 31.7 Å². The van der Waals surface area contributed by atoms with E-state index in [9.17, 15) is 0 Å². The summed E-state index contributed by atoms with van der Waals surface area (Å²) >= 11 is 4.94. The number of thiocarbonyl (C=S) groups is 1. The molecule has 2 heterocycles. The molecule has 1 aliphatic rings. The predicted octanol–water partition coefficient (Wildman–Crippen LogP) is 1.31. The van der Waals surface area contributed by atoms with Crippen molar-refractivity contribution in [3.05, 3.63) is 24.0 Å². The van der Waals surface area contributed by atoms with Gasteiger partial charge in [-0.3, -0.25) is 4.98 Å². The van der Waals surface area contributed by atoms with Gasteiger partial charge in [0, 0.05) is 19.3 Å². The summed E-state index contributed by atoms with van der Waals surface area (Å²) < 4.78 is 5.53. The first-order valence-corrected chi connectivity index (χ1v) is 5.78. The van der Waals surface area contributed by atoms with Gasteiger partial charge in [0.25, 0.3) is 0 Å². The maximum atomic E-state index is 5.60. The van der Waals surface area contributed by atoms with E-state index in [1.807, 2.05) is 12.1 Å². The minimum atomic E-state index is 0.291. The van der Waals surface area contributed by atoms with Gasteiger partial charge >= 0.3 is 0 Å². The lowest BCUT2D eigenvalue weighted by molar-refractivity contribution is 0.120. The summed E-state index contributed by atoms with van der Waals surface area (Å²) in [5.74, 6) is 0. The average Bonchev–Trinajstić information content (AvgIpc) is 2.79. The first-order valence-electron chi connectivity index (χ1n) is 5.37. The molecule has 2 rings (SSSR count). The van der Waals surface area contributed by atoms with Crippen molar-refractivity contribution < 1.29 is 4.74 Å². The molecule has 1 saturated heterocycles. The fourth-order valence-corrected chi connectivity index (χ4v) is 1.94. The molecular formula is C11H15N3OS. The fourth-order valence-electron chi connectivity index (χ4n) is 1.77. The van der Waals surface area contributed by atoms with Gasteiger partial charge in [0.05, 0.1) is 11.8 Å². The van der Waals surface area contributed by atoms with Crippen LogP contribution in [0.3, 0.4) is 0 Å². The minimum Gasteiger partial charge on any atom is -0.388 e. The molecule has 0 amide bonds. The molecule has 1 atom stereocenters. The van der Waals surface area contributed by atoms with Crippen LogP contribution < -0.4 is 11.1 Å². The molecule has 5 heteroatoms. The van der Waals surface area contributed by atoms with E-state index in [2.05, 4.69) is 10.3 Å². The largest absolute Gasteiger partial charge is 0.388 e. The van der Waals surface area contributed by atoms with Crippen LogP contribution in [0.15, 0.2) is 18.3 Å². The van der Waals surface area contributed by atoms with Crippen molar-refractivity contribution in [2.24, 2.45) is 5.73 Å². The van der Waals surface area contributed by atoms with Gasteiger partial charge in [-0.05, 0) is 25.0 Å². The Hall–Kier alpha value is -1.20. The lowest BCUT2D eigenvalue weighted by Gasteiger charge is -2.13. The molecule has 86 valence electrons. The summed E-state index contributed by atoms with van der Waals surface area (Å²) in [6, 6.07) is 3.79. The van der Waals surface area contributed by atoms with E-state index in [1.54, 1.807) is 6.20 Å². The molecule has 0 bridgehead atoms. The zero-order valence-corrected chi connectivity index (χ0v) is 9.80. The van der Waals surface area contributed by atoms with E-state index in [1.165, 1.54) is 0 Å². The van der Waals surface area contributed by atoms with Gasteiger partial charge in [0.2, 0.25) is 0 Å². The van der Waals surface area contributed by atoms with Crippen molar-refractivity contribution in [1.29, 1.82) is 0 Å². The third kappa shape index (κ3) is 2.68. The van der Waals surface area contributed by atoms with Crippen molar-refractivity contribution in [3.8, 4) is 0 Å². The third-order valence-electron chi connectivity index (χ3n) is 2.59. The molecule has 0 spiro atoms. The van der Waals surface area contributed by atoms with Gasteiger partial charge in [-0.2, -0.15) is 0 Å². The number of aromatic nitrogens is 1. The van der Waals surface area contributed by atoms with Crippen molar-refractivity contribution >= 4 is 22.9 Å². The highest BCUT2D eigenvalue weighted by Gasteiger charge is 2.15. The van der Waals surface area contributed by atoms with Crippen molar-refractivity contribution in [2.45, 2.75) is 18.9 Å². The number of nitrogens with two attached hydrogens (primary N) is 1. The molecule has 1 fully saturated rings. The Labute approximate surface area is 100 Å². The molecule has 3 N–H and O–H groups in total. The van der Waals surface area contributed by atoms with Crippen LogP contribution in [0.2, 0.25) is 0 Å². The Kier molecular flexibility index (Phi) is 3.69. The molecule has 16 heavy (non-hydrogen) atoms. The average molecular weight is 237 g/mol. The Morgan fingerprint density at radius 3 is 3.25 bits per heavy atom. The summed E-state index contributed by atoms with van der Waals surface area (Å²) in [4.78, 5) is 4.47. The first-order chi connectivity index (χ1) is 7.77.